The van der Waals surface area contributed by atoms with Crippen LogP contribution in [0.1, 0.15) is 85.0 Å². The van der Waals surface area contributed by atoms with Crippen LogP contribution in [0.3, 0.4) is 0 Å². The van der Waals surface area contributed by atoms with E-state index in [1.165, 1.54) is 0 Å². The van der Waals surface area contributed by atoms with Gasteiger partial charge in [-0.2, -0.15) is 0 Å². The normalized spacial score (nSPS) is 41.4. The summed E-state index contributed by atoms with van der Waals surface area (Å²) in [5, 5.41) is 9.16. The Kier molecular flexibility index (Phi) is 12.0. The van der Waals surface area contributed by atoms with Crippen molar-refractivity contribution >= 4 is 26.8 Å². The SMILES string of the molecule is C[C@H](CCC(=O)O)[C@H]1CC[C@H]2[C@@H]3[C@@H](OS(=O)(=O)[O-])C[C@@H]4C[C@H](OS(=O)(=O)[O-])CC[C@]4(C)[C@H]3CC[C@]12C.[Na+].[Na+]. The maximum atomic E-state index is 11.8. The molecular weight excluding hydrogens is 558 g/mol. The molecule has 38 heavy (non-hydrogen) atoms. The number of hydrogen-bond acceptors (Lipinski definition) is 9. The Morgan fingerprint density at radius 3 is 2.08 bits per heavy atom. The largest absolute Gasteiger partial charge is 1.00 e. The average molecular weight is 597 g/mol. The first-order valence-corrected chi connectivity index (χ1v) is 15.7. The third-order valence-corrected chi connectivity index (χ3v) is 11.7. The Morgan fingerprint density at radius 1 is 0.921 bits per heavy atom. The maximum absolute atomic E-state index is 11.8. The van der Waals surface area contributed by atoms with Crippen molar-refractivity contribution in [3.63, 3.8) is 0 Å². The molecule has 4 saturated carbocycles. The van der Waals surface area contributed by atoms with Crippen molar-refractivity contribution in [1.29, 1.82) is 0 Å². The van der Waals surface area contributed by atoms with Crippen LogP contribution in [-0.4, -0.2) is 49.2 Å². The molecule has 208 valence electrons. The summed E-state index contributed by atoms with van der Waals surface area (Å²) in [4.78, 5) is 11.2. The van der Waals surface area contributed by atoms with Gasteiger partial charge >= 0.3 is 65.1 Å². The van der Waals surface area contributed by atoms with E-state index >= 15 is 0 Å². The third kappa shape index (κ3) is 7.40. The Labute approximate surface area is 271 Å². The van der Waals surface area contributed by atoms with Crippen LogP contribution in [0.2, 0.25) is 0 Å². The Bertz CT molecular complexity index is 1070. The van der Waals surface area contributed by atoms with E-state index in [1.54, 1.807) is 0 Å². The summed E-state index contributed by atoms with van der Waals surface area (Å²) in [6.07, 6.45) is 4.38. The molecule has 4 fully saturated rings. The molecule has 4 aliphatic rings. The second-order valence-corrected chi connectivity index (χ2v) is 14.3. The molecule has 10 atom stereocenters. The quantitative estimate of drug-likeness (QED) is 0.179. The maximum Gasteiger partial charge on any atom is 1.00 e. The van der Waals surface area contributed by atoms with Crippen LogP contribution >= 0.6 is 0 Å². The molecule has 0 aromatic carbocycles. The van der Waals surface area contributed by atoms with Gasteiger partial charge in [0.15, 0.2) is 0 Å². The van der Waals surface area contributed by atoms with E-state index in [9.17, 15) is 30.7 Å². The zero-order chi connectivity index (χ0) is 26.7. The number of aliphatic carboxylic acids is 1. The van der Waals surface area contributed by atoms with Gasteiger partial charge in [0.05, 0.1) is 12.2 Å². The zero-order valence-electron chi connectivity index (χ0n) is 23.1. The molecule has 10 nitrogen and oxygen atoms in total. The van der Waals surface area contributed by atoms with Gasteiger partial charge in [-0.1, -0.05) is 20.8 Å². The summed E-state index contributed by atoms with van der Waals surface area (Å²) in [5.41, 5.74) is -0.314. The van der Waals surface area contributed by atoms with Gasteiger partial charge in [0.2, 0.25) is 20.8 Å². The summed E-state index contributed by atoms with van der Waals surface area (Å²) >= 11 is 0. The number of carbonyl (C=O) groups is 1. The average Bonchev–Trinajstić information content (AvgIpc) is 3.08. The van der Waals surface area contributed by atoms with Crippen LogP contribution in [0, 0.1) is 46.3 Å². The van der Waals surface area contributed by atoms with Crippen molar-refractivity contribution < 1.29 is 103 Å². The van der Waals surface area contributed by atoms with Gasteiger partial charge in [-0.3, -0.25) is 13.2 Å². The second kappa shape index (κ2) is 12.8. The molecule has 4 rings (SSSR count). The molecule has 0 spiro atoms. The van der Waals surface area contributed by atoms with Gasteiger partial charge in [-0.15, -0.1) is 0 Å². The van der Waals surface area contributed by atoms with E-state index in [2.05, 4.69) is 20.8 Å². The molecule has 0 unspecified atom stereocenters. The van der Waals surface area contributed by atoms with Gasteiger partial charge in [-0.25, -0.2) is 16.8 Å². The van der Waals surface area contributed by atoms with Gasteiger partial charge in [0, 0.05) is 6.42 Å². The van der Waals surface area contributed by atoms with E-state index in [0.717, 1.165) is 25.7 Å². The topological polar surface area (TPSA) is 170 Å². The van der Waals surface area contributed by atoms with Crippen molar-refractivity contribution in [2.24, 2.45) is 46.3 Å². The minimum Gasteiger partial charge on any atom is -0.726 e. The van der Waals surface area contributed by atoms with Crippen LogP contribution in [0.5, 0.6) is 0 Å². The van der Waals surface area contributed by atoms with Crippen molar-refractivity contribution in [3.8, 4) is 0 Å². The Morgan fingerprint density at radius 2 is 1.50 bits per heavy atom. The molecule has 4 aliphatic carbocycles. The summed E-state index contributed by atoms with van der Waals surface area (Å²) in [6.45, 7) is 6.51. The van der Waals surface area contributed by atoms with Crippen LogP contribution in [0.25, 0.3) is 0 Å². The molecule has 14 heteroatoms. The molecular formula is C24H38Na2O10S2. The van der Waals surface area contributed by atoms with Gasteiger partial charge in [0.25, 0.3) is 0 Å². The number of carboxylic acids is 1. The smallest absolute Gasteiger partial charge is 0.726 e. The monoisotopic (exact) mass is 596 g/mol. The summed E-state index contributed by atoms with van der Waals surface area (Å²) in [6, 6.07) is 0. The first kappa shape index (κ1) is 35.4. The molecule has 0 saturated heterocycles. The van der Waals surface area contributed by atoms with Crippen LogP contribution in [-0.2, 0) is 34.0 Å². The predicted molar refractivity (Wildman–Crippen MR) is 126 cm³/mol. The Balaban J connectivity index is 0.00000253. The predicted octanol–water partition coefficient (Wildman–Crippen LogP) is -2.55. The number of hydrogen-bond donors (Lipinski definition) is 1. The summed E-state index contributed by atoms with van der Waals surface area (Å²) < 4.78 is 78.9. The van der Waals surface area contributed by atoms with Crippen molar-refractivity contribution in [2.75, 3.05) is 0 Å². The van der Waals surface area contributed by atoms with Crippen LogP contribution in [0.4, 0.5) is 0 Å². The zero-order valence-corrected chi connectivity index (χ0v) is 28.8. The van der Waals surface area contributed by atoms with Crippen molar-refractivity contribution in [1.82, 2.24) is 0 Å². The van der Waals surface area contributed by atoms with Crippen molar-refractivity contribution in [3.05, 3.63) is 0 Å². The summed E-state index contributed by atoms with van der Waals surface area (Å²) in [5.74, 6) is -0.316. The number of carboxylic acid groups (broad SMARTS) is 1. The third-order valence-electron chi connectivity index (χ3n) is 10.7. The molecule has 0 aromatic rings. The molecule has 0 bridgehead atoms. The van der Waals surface area contributed by atoms with Crippen molar-refractivity contribution in [2.45, 2.75) is 97.2 Å². The van der Waals surface area contributed by atoms with Crippen LogP contribution in [0.15, 0.2) is 0 Å². The molecule has 0 amide bonds. The first-order valence-electron chi connectivity index (χ1n) is 13.0. The van der Waals surface area contributed by atoms with Gasteiger partial charge in [0.1, 0.15) is 0 Å². The number of rotatable bonds is 8. The molecule has 0 radical (unpaired) electrons. The van der Waals surface area contributed by atoms with E-state index < -0.39 is 39.0 Å². The molecule has 1 N–H and O–H groups in total. The minimum atomic E-state index is -4.96. The number of fused-ring (bicyclic) bond motifs is 5. The fraction of sp³-hybridized carbons (Fsp3) is 0.958. The summed E-state index contributed by atoms with van der Waals surface area (Å²) in [7, 11) is -9.82. The van der Waals surface area contributed by atoms with E-state index in [1.807, 2.05) is 0 Å². The van der Waals surface area contributed by atoms with E-state index in [0.29, 0.717) is 38.0 Å². The van der Waals surface area contributed by atoms with Gasteiger partial charge in [-0.05, 0) is 104 Å². The first-order chi connectivity index (χ1) is 16.5. The fourth-order valence-electron chi connectivity index (χ4n) is 9.19. The standard InChI is InChI=1S/C24H40O10S2.2Na/c1-14(4-7-21(25)26)17-5-6-18-22-19(9-11-24(17,18)3)23(2)10-8-16(33-35(27,28)29)12-15(23)13-20(22)34-36(30,31)32;;/h14-20,22H,4-13H2,1-3H3,(H,25,26)(H,27,28,29)(H,30,31,32);;/q;2*+1/p-2/t14-,15+,16-,17-,18+,19+,20+,22+,23+,24-;;/m1../s1. The molecule has 0 aliphatic heterocycles. The van der Waals surface area contributed by atoms with E-state index in [4.69, 9.17) is 13.5 Å². The molecule has 0 aromatic heterocycles. The van der Waals surface area contributed by atoms with Gasteiger partial charge < -0.3 is 14.2 Å². The Hall–Kier alpha value is 1.21. The second-order valence-electron chi connectivity index (χ2n) is 12.3. The van der Waals surface area contributed by atoms with E-state index in [-0.39, 0.29) is 106 Å². The molecule has 0 heterocycles. The van der Waals surface area contributed by atoms with Crippen LogP contribution < -0.4 is 59.1 Å². The fourth-order valence-corrected chi connectivity index (χ4v) is 10.2. The minimum absolute atomic E-state index is 0.